The number of esters is 2. The predicted octanol–water partition coefficient (Wildman–Crippen LogP) is 6.43. The van der Waals surface area contributed by atoms with E-state index in [1.165, 1.54) is 60.5 Å². The summed E-state index contributed by atoms with van der Waals surface area (Å²) in [5.41, 5.74) is 0. The molecule has 0 aliphatic carbocycles. The van der Waals surface area contributed by atoms with Crippen LogP contribution >= 0.6 is 0 Å². The van der Waals surface area contributed by atoms with Crippen LogP contribution < -0.4 is 0 Å². The minimum Gasteiger partial charge on any atom is -0.463 e. The summed E-state index contributed by atoms with van der Waals surface area (Å²) in [4.78, 5) is 23.5. The summed E-state index contributed by atoms with van der Waals surface area (Å²) < 4.78 is 10.5. The molecule has 4 nitrogen and oxygen atoms in total. The Labute approximate surface area is 175 Å². The number of carbonyl (C=O) groups excluding carboxylic acids is 2. The number of ether oxygens (including phenoxy) is 2. The van der Waals surface area contributed by atoms with E-state index in [1.54, 1.807) is 0 Å². The van der Waals surface area contributed by atoms with Gasteiger partial charge in [-0.2, -0.15) is 0 Å². The molecular formula is C22H44O4Si2. The van der Waals surface area contributed by atoms with Gasteiger partial charge < -0.3 is 9.47 Å². The average molecular weight is 429 g/mol. The quantitative estimate of drug-likeness (QED) is 0.123. The van der Waals surface area contributed by atoms with Crippen LogP contribution in [0.2, 0.25) is 48.4 Å². The van der Waals surface area contributed by atoms with Gasteiger partial charge in [0.1, 0.15) is 0 Å². The largest absolute Gasteiger partial charge is 0.463 e. The summed E-state index contributed by atoms with van der Waals surface area (Å²) in [6.07, 6.45) is 4.22. The Kier molecular flexibility index (Phi) is 14.5. The van der Waals surface area contributed by atoms with Crippen molar-refractivity contribution in [3.63, 3.8) is 0 Å². The SMILES string of the molecule is CC[Si](CC)(CC)CCCOC(=O)/C=C\C(=O)OCCC[Si](CC)(CC)CC. The van der Waals surface area contributed by atoms with Crippen molar-refractivity contribution in [2.45, 2.75) is 103 Å². The molecule has 0 amide bonds. The topological polar surface area (TPSA) is 52.6 Å². The van der Waals surface area contributed by atoms with Crippen LogP contribution in [0.15, 0.2) is 12.2 Å². The summed E-state index contributed by atoms with van der Waals surface area (Å²) in [6.45, 7) is 14.6. The van der Waals surface area contributed by atoms with E-state index in [1.807, 2.05) is 0 Å². The van der Waals surface area contributed by atoms with E-state index in [4.69, 9.17) is 9.47 Å². The van der Waals surface area contributed by atoms with Crippen molar-refractivity contribution < 1.29 is 19.1 Å². The Hall–Kier alpha value is -0.886. The summed E-state index contributed by atoms with van der Waals surface area (Å²) >= 11 is 0. The third-order valence-corrected chi connectivity index (χ3v) is 18.9. The molecule has 0 aliphatic rings. The standard InChI is InChI=1S/C22H44O4Si2/c1-7-27(8-2,9-3)19-13-17-25-21(23)15-16-22(24)26-18-14-20-28(10-4,11-5)12-6/h15-16H,7-14,17-20H2,1-6H3/b16-15-. The van der Waals surface area contributed by atoms with Crippen molar-refractivity contribution in [2.75, 3.05) is 13.2 Å². The zero-order valence-electron chi connectivity index (χ0n) is 19.3. The van der Waals surface area contributed by atoms with E-state index in [0.717, 1.165) is 12.8 Å². The third-order valence-electron chi connectivity index (χ3n) is 7.05. The van der Waals surface area contributed by atoms with Crippen LogP contribution in [0.5, 0.6) is 0 Å². The molecule has 6 heteroatoms. The highest BCUT2D eigenvalue weighted by atomic mass is 28.3. The van der Waals surface area contributed by atoms with Gasteiger partial charge in [-0.15, -0.1) is 0 Å². The number of hydrogen-bond acceptors (Lipinski definition) is 4. The number of hydrogen-bond donors (Lipinski definition) is 0. The predicted molar refractivity (Wildman–Crippen MR) is 124 cm³/mol. The van der Waals surface area contributed by atoms with Crippen LogP contribution in [0.1, 0.15) is 54.4 Å². The fourth-order valence-corrected chi connectivity index (χ4v) is 10.9. The number of carbonyl (C=O) groups is 2. The van der Waals surface area contributed by atoms with Gasteiger partial charge in [-0.1, -0.05) is 89.9 Å². The Morgan fingerprint density at radius 3 is 1.14 bits per heavy atom. The van der Waals surface area contributed by atoms with Crippen LogP contribution in [-0.4, -0.2) is 41.3 Å². The summed E-state index contributed by atoms with van der Waals surface area (Å²) in [6, 6.07) is 10.1. The minimum absolute atomic E-state index is 0.435. The fourth-order valence-electron chi connectivity index (χ4n) is 4.03. The molecule has 0 saturated heterocycles. The molecule has 28 heavy (non-hydrogen) atoms. The van der Waals surface area contributed by atoms with Crippen LogP contribution in [0.25, 0.3) is 0 Å². The highest BCUT2D eigenvalue weighted by Crippen LogP contribution is 2.27. The first kappa shape index (κ1) is 27.1. The molecule has 0 heterocycles. The van der Waals surface area contributed by atoms with Crippen molar-refractivity contribution in [2.24, 2.45) is 0 Å². The van der Waals surface area contributed by atoms with Crippen molar-refractivity contribution in [1.29, 1.82) is 0 Å². The van der Waals surface area contributed by atoms with E-state index in [9.17, 15) is 9.59 Å². The van der Waals surface area contributed by atoms with Gasteiger partial charge in [0, 0.05) is 12.2 Å². The monoisotopic (exact) mass is 428 g/mol. The van der Waals surface area contributed by atoms with E-state index in [-0.39, 0.29) is 0 Å². The lowest BCUT2D eigenvalue weighted by Crippen LogP contribution is -2.31. The lowest BCUT2D eigenvalue weighted by atomic mass is 10.4. The Bertz CT molecular complexity index is 411. The average Bonchev–Trinajstić information content (AvgIpc) is 2.73. The van der Waals surface area contributed by atoms with E-state index in [0.29, 0.717) is 13.2 Å². The number of rotatable bonds is 16. The van der Waals surface area contributed by atoms with Gasteiger partial charge in [-0.3, -0.25) is 0 Å². The first-order chi connectivity index (χ1) is 13.4. The zero-order chi connectivity index (χ0) is 21.5. The first-order valence-electron chi connectivity index (χ1n) is 11.4. The maximum absolute atomic E-state index is 11.8. The normalized spacial score (nSPS) is 12.4. The van der Waals surface area contributed by atoms with Crippen LogP contribution in [-0.2, 0) is 19.1 Å². The van der Waals surface area contributed by atoms with Gasteiger partial charge in [0.2, 0.25) is 0 Å². The van der Waals surface area contributed by atoms with Crippen molar-refractivity contribution in [1.82, 2.24) is 0 Å². The smallest absolute Gasteiger partial charge is 0.331 e. The molecule has 0 spiro atoms. The van der Waals surface area contributed by atoms with Gasteiger partial charge in [0.05, 0.1) is 29.4 Å². The first-order valence-corrected chi connectivity index (χ1v) is 17.0. The second kappa shape index (κ2) is 15.0. The van der Waals surface area contributed by atoms with Crippen LogP contribution in [0.3, 0.4) is 0 Å². The van der Waals surface area contributed by atoms with Crippen molar-refractivity contribution >= 4 is 28.1 Å². The zero-order valence-corrected chi connectivity index (χ0v) is 21.3. The van der Waals surface area contributed by atoms with E-state index >= 15 is 0 Å². The van der Waals surface area contributed by atoms with Crippen LogP contribution in [0.4, 0.5) is 0 Å². The molecule has 0 atom stereocenters. The highest BCUT2D eigenvalue weighted by molar-refractivity contribution is 6.80. The van der Waals surface area contributed by atoms with Gasteiger partial charge in [0.15, 0.2) is 0 Å². The van der Waals surface area contributed by atoms with Crippen molar-refractivity contribution in [3.8, 4) is 0 Å². The van der Waals surface area contributed by atoms with Gasteiger partial charge in [-0.05, 0) is 12.8 Å². The summed E-state index contributed by atoms with van der Waals surface area (Å²) in [5.74, 6) is -0.911. The van der Waals surface area contributed by atoms with Crippen LogP contribution in [0, 0.1) is 0 Å². The Morgan fingerprint density at radius 2 is 0.893 bits per heavy atom. The fraction of sp³-hybridized carbons (Fsp3) is 0.818. The molecule has 0 N–H and O–H groups in total. The molecule has 0 radical (unpaired) electrons. The highest BCUT2D eigenvalue weighted by Gasteiger charge is 2.26. The maximum Gasteiger partial charge on any atom is 0.331 e. The van der Waals surface area contributed by atoms with Gasteiger partial charge in [0.25, 0.3) is 0 Å². The molecule has 0 aromatic rings. The summed E-state index contributed by atoms with van der Waals surface area (Å²) in [5, 5.41) is 0. The van der Waals surface area contributed by atoms with Crippen molar-refractivity contribution in [3.05, 3.63) is 12.2 Å². The van der Waals surface area contributed by atoms with Gasteiger partial charge in [-0.25, -0.2) is 9.59 Å². The maximum atomic E-state index is 11.8. The third kappa shape index (κ3) is 10.1. The molecule has 0 unspecified atom stereocenters. The second-order valence-electron chi connectivity index (χ2n) is 8.00. The minimum atomic E-state index is -1.15. The molecule has 0 aliphatic heterocycles. The lowest BCUT2D eigenvalue weighted by molar-refractivity contribution is -0.140. The molecule has 0 fully saturated rings. The van der Waals surface area contributed by atoms with Gasteiger partial charge >= 0.3 is 11.9 Å². The second-order valence-corrected chi connectivity index (χ2v) is 19.2. The Balaban J connectivity index is 4.07. The summed E-state index contributed by atoms with van der Waals surface area (Å²) in [7, 11) is -2.29. The molecule has 0 bridgehead atoms. The molecule has 0 aromatic heterocycles. The Morgan fingerprint density at radius 1 is 0.607 bits per heavy atom. The van der Waals surface area contributed by atoms with E-state index in [2.05, 4.69) is 41.5 Å². The van der Waals surface area contributed by atoms with E-state index < -0.39 is 28.1 Å². The molecule has 0 aromatic carbocycles. The molecule has 164 valence electrons. The lowest BCUT2D eigenvalue weighted by Gasteiger charge is -2.27. The molecular weight excluding hydrogens is 384 g/mol. The molecule has 0 rings (SSSR count). The molecule has 0 saturated carbocycles.